The molecule has 0 aromatic heterocycles. The maximum Gasteiger partial charge on any atom is 0.309 e. The molecule has 0 amide bonds. The van der Waals surface area contributed by atoms with E-state index in [1.807, 2.05) is 6.07 Å². The Labute approximate surface area is 101 Å². The van der Waals surface area contributed by atoms with Crippen LogP contribution in [0.4, 0.5) is 0 Å². The first-order valence-corrected chi connectivity index (χ1v) is 5.48. The molecule has 0 bridgehead atoms. The standard InChI is InChI=1S/C13H15NO3/c1-3-16-13(15)7-10(2)17-12-6-4-5-11(8-12)9-14/h4-6,8,10H,3,7H2,1-2H3. The van der Waals surface area contributed by atoms with Crippen molar-refractivity contribution in [3.63, 3.8) is 0 Å². The summed E-state index contributed by atoms with van der Waals surface area (Å²) in [5.41, 5.74) is 0.533. The fourth-order valence-electron chi connectivity index (χ4n) is 1.37. The van der Waals surface area contributed by atoms with E-state index in [1.165, 1.54) is 0 Å². The van der Waals surface area contributed by atoms with Crippen LogP contribution < -0.4 is 4.74 Å². The summed E-state index contributed by atoms with van der Waals surface area (Å²) >= 11 is 0. The SMILES string of the molecule is CCOC(=O)CC(C)Oc1cccc(C#N)c1. The maximum absolute atomic E-state index is 11.2. The number of nitrogens with zero attached hydrogens (tertiary/aromatic N) is 1. The number of hydrogen-bond donors (Lipinski definition) is 0. The van der Waals surface area contributed by atoms with Crippen LogP contribution in [0.25, 0.3) is 0 Å². The van der Waals surface area contributed by atoms with Crippen LogP contribution in [0.1, 0.15) is 25.8 Å². The van der Waals surface area contributed by atoms with Gasteiger partial charge in [0.2, 0.25) is 0 Å². The molecule has 0 fully saturated rings. The fraction of sp³-hybridized carbons (Fsp3) is 0.385. The molecule has 0 saturated carbocycles. The largest absolute Gasteiger partial charge is 0.490 e. The molecule has 0 aliphatic rings. The van der Waals surface area contributed by atoms with Crippen LogP contribution in [0, 0.1) is 11.3 Å². The van der Waals surface area contributed by atoms with Crippen LogP contribution in [0.5, 0.6) is 5.75 Å². The van der Waals surface area contributed by atoms with Crippen molar-refractivity contribution in [2.75, 3.05) is 6.61 Å². The lowest BCUT2D eigenvalue weighted by molar-refractivity contribution is -0.144. The van der Waals surface area contributed by atoms with Gasteiger partial charge in [-0.3, -0.25) is 4.79 Å². The average molecular weight is 233 g/mol. The topological polar surface area (TPSA) is 59.3 Å². The molecule has 1 aromatic carbocycles. The summed E-state index contributed by atoms with van der Waals surface area (Å²) < 4.78 is 10.3. The van der Waals surface area contributed by atoms with Gasteiger partial charge in [0, 0.05) is 0 Å². The Hall–Kier alpha value is -2.02. The Morgan fingerprint density at radius 2 is 2.29 bits per heavy atom. The highest BCUT2D eigenvalue weighted by Crippen LogP contribution is 2.15. The van der Waals surface area contributed by atoms with Gasteiger partial charge in [-0.2, -0.15) is 5.26 Å². The molecular formula is C13H15NO3. The van der Waals surface area contributed by atoms with E-state index in [2.05, 4.69) is 0 Å². The van der Waals surface area contributed by atoms with Gasteiger partial charge in [-0.15, -0.1) is 0 Å². The zero-order valence-electron chi connectivity index (χ0n) is 9.97. The van der Waals surface area contributed by atoms with Crippen molar-refractivity contribution >= 4 is 5.97 Å². The molecule has 4 nitrogen and oxygen atoms in total. The van der Waals surface area contributed by atoms with Crippen molar-refractivity contribution < 1.29 is 14.3 Å². The molecule has 1 atom stereocenters. The molecule has 0 heterocycles. The van der Waals surface area contributed by atoms with Gasteiger partial charge in [0.25, 0.3) is 0 Å². The van der Waals surface area contributed by atoms with Crippen molar-refractivity contribution in [3.05, 3.63) is 29.8 Å². The Balaban J connectivity index is 2.53. The third kappa shape index (κ3) is 4.56. The predicted molar refractivity (Wildman–Crippen MR) is 62.5 cm³/mol. The first kappa shape index (κ1) is 13.0. The van der Waals surface area contributed by atoms with E-state index >= 15 is 0 Å². The molecule has 1 unspecified atom stereocenters. The summed E-state index contributed by atoms with van der Waals surface area (Å²) in [5.74, 6) is 0.303. The van der Waals surface area contributed by atoms with Crippen LogP contribution in [-0.4, -0.2) is 18.7 Å². The Bertz CT molecular complexity index is 423. The molecule has 1 rings (SSSR count). The normalized spacial score (nSPS) is 11.4. The molecule has 0 radical (unpaired) electrons. The zero-order valence-corrected chi connectivity index (χ0v) is 9.97. The average Bonchev–Trinajstić information content (AvgIpc) is 2.29. The van der Waals surface area contributed by atoms with Crippen molar-refractivity contribution in [1.29, 1.82) is 5.26 Å². The number of ether oxygens (including phenoxy) is 2. The van der Waals surface area contributed by atoms with Crippen LogP contribution in [0.2, 0.25) is 0 Å². The van der Waals surface area contributed by atoms with Crippen LogP contribution >= 0.6 is 0 Å². The minimum atomic E-state index is -0.281. The second-order valence-electron chi connectivity index (χ2n) is 3.58. The molecular weight excluding hydrogens is 218 g/mol. The number of carbonyl (C=O) groups excluding carboxylic acids is 1. The maximum atomic E-state index is 11.2. The van der Waals surface area contributed by atoms with Gasteiger partial charge in [-0.25, -0.2) is 0 Å². The summed E-state index contributed by atoms with van der Waals surface area (Å²) in [4.78, 5) is 11.2. The predicted octanol–water partition coefficient (Wildman–Crippen LogP) is 2.28. The van der Waals surface area contributed by atoms with E-state index in [1.54, 1.807) is 38.1 Å². The fourth-order valence-corrected chi connectivity index (χ4v) is 1.37. The van der Waals surface area contributed by atoms with E-state index in [0.717, 1.165) is 0 Å². The molecule has 0 spiro atoms. The van der Waals surface area contributed by atoms with Gasteiger partial charge < -0.3 is 9.47 Å². The van der Waals surface area contributed by atoms with Crippen molar-refractivity contribution in [1.82, 2.24) is 0 Å². The monoisotopic (exact) mass is 233 g/mol. The molecule has 4 heteroatoms. The smallest absolute Gasteiger partial charge is 0.309 e. The molecule has 0 aliphatic heterocycles. The van der Waals surface area contributed by atoms with Crippen molar-refractivity contribution in [2.24, 2.45) is 0 Å². The van der Waals surface area contributed by atoms with E-state index in [-0.39, 0.29) is 18.5 Å². The quantitative estimate of drug-likeness (QED) is 0.732. The Morgan fingerprint density at radius 3 is 2.94 bits per heavy atom. The van der Waals surface area contributed by atoms with E-state index < -0.39 is 0 Å². The lowest BCUT2D eigenvalue weighted by Crippen LogP contribution is -2.18. The van der Waals surface area contributed by atoms with Gasteiger partial charge in [-0.05, 0) is 32.0 Å². The second kappa shape index (κ2) is 6.54. The van der Waals surface area contributed by atoms with E-state index in [4.69, 9.17) is 14.7 Å². The lowest BCUT2D eigenvalue weighted by atomic mass is 10.2. The molecule has 0 saturated heterocycles. The Morgan fingerprint density at radius 1 is 1.53 bits per heavy atom. The number of hydrogen-bond acceptors (Lipinski definition) is 4. The highest BCUT2D eigenvalue weighted by atomic mass is 16.5. The minimum Gasteiger partial charge on any atom is -0.490 e. The molecule has 17 heavy (non-hydrogen) atoms. The summed E-state index contributed by atoms with van der Waals surface area (Å²) in [6.07, 6.45) is -0.0760. The number of esters is 1. The highest BCUT2D eigenvalue weighted by Gasteiger charge is 2.11. The summed E-state index contributed by atoms with van der Waals surface area (Å²) in [5, 5.41) is 8.73. The number of nitriles is 1. The third-order valence-electron chi connectivity index (χ3n) is 2.06. The third-order valence-corrected chi connectivity index (χ3v) is 2.06. The molecule has 90 valence electrons. The van der Waals surface area contributed by atoms with Crippen molar-refractivity contribution in [2.45, 2.75) is 26.4 Å². The van der Waals surface area contributed by atoms with Gasteiger partial charge in [-0.1, -0.05) is 6.07 Å². The number of carbonyl (C=O) groups is 1. The van der Waals surface area contributed by atoms with Crippen LogP contribution in [0.15, 0.2) is 24.3 Å². The first-order chi connectivity index (χ1) is 8.15. The lowest BCUT2D eigenvalue weighted by Gasteiger charge is -2.13. The summed E-state index contributed by atoms with van der Waals surface area (Å²) in [6.45, 7) is 3.92. The molecule has 0 aliphatic carbocycles. The van der Waals surface area contributed by atoms with Gasteiger partial charge in [0.05, 0.1) is 24.7 Å². The van der Waals surface area contributed by atoms with Crippen molar-refractivity contribution in [3.8, 4) is 11.8 Å². The summed E-state index contributed by atoms with van der Waals surface area (Å²) in [6, 6.07) is 8.86. The van der Waals surface area contributed by atoms with Gasteiger partial charge in [0.15, 0.2) is 0 Å². The van der Waals surface area contributed by atoms with Gasteiger partial charge >= 0.3 is 5.97 Å². The van der Waals surface area contributed by atoms with Gasteiger partial charge in [0.1, 0.15) is 11.9 Å². The van der Waals surface area contributed by atoms with E-state index in [9.17, 15) is 4.79 Å². The summed E-state index contributed by atoms with van der Waals surface area (Å²) in [7, 11) is 0. The first-order valence-electron chi connectivity index (χ1n) is 5.48. The second-order valence-corrected chi connectivity index (χ2v) is 3.58. The Kier molecular flexibility index (Phi) is 5.02. The number of rotatable bonds is 5. The van der Waals surface area contributed by atoms with Crippen LogP contribution in [0.3, 0.4) is 0 Å². The number of benzene rings is 1. The highest BCUT2D eigenvalue weighted by molar-refractivity contribution is 5.69. The minimum absolute atomic E-state index is 0.199. The van der Waals surface area contributed by atoms with E-state index in [0.29, 0.717) is 17.9 Å². The molecule has 0 N–H and O–H groups in total. The van der Waals surface area contributed by atoms with Crippen LogP contribution in [-0.2, 0) is 9.53 Å². The molecule has 1 aromatic rings. The zero-order chi connectivity index (χ0) is 12.7.